The van der Waals surface area contributed by atoms with Crippen molar-refractivity contribution in [1.29, 1.82) is 0 Å². The van der Waals surface area contributed by atoms with Crippen LogP contribution in [0.3, 0.4) is 0 Å². The van der Waals surface area contributed by atoms with Crippen molar-refractivity contribution in [2.45, 2.75) is 32.8 Å². The summed E-state index contributed by atoms with van der Waals surface area (Å²) in [7, 11) is 0. The zero-order valence-electron chi connectivity index (χ0n) is 19.8. The van der Waals surface area contributed by atoms with Gasteiger partial charge in [-0.25, -0.2) is 9.78 Å². The summed E-state index contributed by atoms with van der Waals surface area (Å²) in [5.74, 6) is 0.526. The summed E-state index contributed by atoms with van der Waals surface area (Å²) < 4.78 is 5.51. The number of amides is 1. The number of aromatic nitrogens is 3. The molecule has 1 saturated heterocycles. The molecular formula is C26H29N5O3. The first kappa shape index (κ1) is 23.4. The average molecular weight is 460 g/mol. The molecular weight excluding hydrogens is 430 g/mol. The van der Waals surface area contributed by atoms with Gasteiger partial charge < -0.3 is 14.5 Å². The number of pyridine rings is 3. The van der Waals surface area contributed by atoms with E-state index in [1.807, 2.05) is 51.1 Å². The molecule has 1 amide bonds. The Morgan fingerprint density at radius 1 is 0.912 bits per heavy atom. The lowest BCUT2D eigenvalue weighted by Crippen LogP contribution is -2.39. The number of hydrogen-bond acceptors (Lipinski definition) is 7. The molecule has 34 heavy (non-hydrogen) atoms. The highest BCUT2D eigenvalue weighted by atomic mass is 16.6. The van der Waals surface area contributed by atoms with E-state index in [0.717, 1.165) is 24.1 Å². The summed E-state index contributed by atoms with van der Waals surface area (Å²) in [5, 5.41) is 0. The average Bonchev–Trinajstić information content (AvgIpc) is 3.10. The van der Waals surface area contributed by atoms with Crippen LogP contribution >= 0.6 is 0 Å². The van der Waals surface area contributed by atoms with Gasteiger partial charge >= 0.3 is 6.09 Å². The molecule has 0 bridgehead atoms. The molecule has 8 nitrogen and oxygen atoms in total. The number of rotatable bonds is 4. The largest absolute Gasteiger partial charge is 0.444 e. The lowest BCUT2D eigenvalue weighted by molar-refractivity contribution is 0.0263. The van der Waals surface area contributed by atoms with Gasteiger partial charge in [0.2, 0.25) is 5.78 Å². The third-order valence-corrected chi connectivity index (χ3v) is 5.43. The SMILES string of the molecule is CC(C)(C)OC(=O)N1CCCN(c2cccc(C(=O)c3cncc(-c4cccnc4)c3)n2)CC1. The van der Waals surface area contributed by atoms with Crippen LogP contribution < -0.4 is 4.90 Å². The van der Waals surface area contributed by atoms with Crippen molar-refractivity contribution in [3.63, 3.8) is 0 Å². The van der Waals surface area contributed by atoms with E-state index in [2.05, 4.69) is 19.9 Å². The van der Waals surface area contributed by atoms with E-state index >= 15 is 0 Å². The summed E-state index contributed by atoms with van der Waals surface area (Å²) in [4.78, 5) is 42.5. The predicted octanol–water partition coefficient (Wildman–Crippen LogP) is 4.22. The van der Waals surface area contributed by atoms with Gasteiger partial charge in [0.15, 0.2) is 0 Å². The lowest BCUT2D eigenvalue weighted by Gasteiger charge is -2.26. The van der Waals surface area contributed by atoms with Crippen molar-refractivity contribution in [3.8, 4) is 11.1 Å². The van der Waals surface area contributed by atoms with Gasteiger partial charge in [-0.2, -0.15) is 0 Å². The van der Waals surface area contributed by atoms with Gasteiger partial charge in [-0.3, -0.25) is 14.8 Å². The Labute approximate surface area is 199 Å². The molecule has 4 rings (SSSR count). The maximum Gasteiger partial charge on any atom is 0.410 e. The first-order valence-electron chi connectivity index (χ1n) is 11.4. The highest BCUT2D eigenvalue weighted by Gasteiger charge is 2.25. The molecule has 0 unspecified atom stereocenters. The first-order valence-corrected chi connectivity index (χ1v) is 11.4. The fraction of sp³-hybridized carbons (Fsp3) is 0.346. The van der Waals surface area contributed by atoms with Gasteiger partial charge in [0.1, 0.15) is 17.1 Å². The van der Waals surface area contributed by atoms with Gasteiger partial charge in [-0.15, -0.1) is 0 Å². The molecule has 1 aliphatic rings. The molecule has 0 saturated carbocycles. The Balaban J connectivity index is 1.48. The normalized spacial score (nSPS) is 14.4. The van der Waals surface area contributed by atoms with Crippen LogP contribution in [0.4, 0.5) is 10.6 Å². The molecule has 4 heterocycles. The minimum atomic E-state index is -0.525. The number of ether oxygens (including phenoxy) is 1. The molecule has 1 aliphatic heterocycles. The van der Waals surface area contributed by atoms with E-state index in [0.29, 0.717) is 36.7 Å². The predicted molar refractivity (Wildman–Crippen MR) is 130 cm³/mol. The van der Waals surface area contributed by atoms with E-state index in [9.17, 15) is 9.59 Å². The number of nitrogens with zero attached hydrogens (tertiary/aromatic N) is 5. The monoisotopic (exact) mass is 459 g/mol. The van der Waals surface area contributed by atoms with Crippen molar-refractivity contribution in [2.75, 3.05) is 31.1 Å². The van der Waals surface area contributed by atoms with Crippen LogP contribution in [0.2, 0.25) is 0 Å². The molecule has 0 N–H and O–H groups in total. The number of carbonyl (C=O) groups excluding carboxylic acids is 2. The second-order valence-electron chi connectivity index (χ2n) is 9.22. The van der Waals surface area contributed by atoms with Gasteiger partial charge in [0, 0.05) is 67.7 Å². The fourth-order valence-electron chi connectivity index (χ4n) is 3.78. The van der Waals surface area contributed by atoms with E-state index in [-0.39, 0.29) is 11.9 Å². The lowest BCUT2D eigenvalue weighted by atomic mass is 10.0. The Morgan fingerprint density at radius 2 is 1.74 bits per heavy atom. The molecule has 176 valence electrons. The van der Waals surface area contributed by atoms with Crippen molar-refractivity contribution < 1.29 is 14.3 Å². The maximum absolute atomic E-state index is 13.2. The summed E-state index contributed by atoms with van der Waals surface area (Å²) in [6.07, 6.45) is 7.20. The summed E-state index contributed by atoms with van der Waals surface area (Å²) >= 11 is 0. The molecule has 8 heteroatoms. The first-order chi connectivity index (χ1) is 16.3. The summed E-state index contributed by atoms with van der Waals surface area (Å²) in [5.41, 5.74) is 2.02. The van der Waals surface area contributed by atoms with E-state index < -0.39 is 5.60 Å². The van der Waals surface area contributed by atoms with Gasteiger partial charge in [0.05, 0.1) is 0 Å². The highest BCUT2D eigenvalue weighted by molar-refractivity contribution is 6.08. The molecule has 0 atom stereocenters. The van der Waals surface area contributed by atoms with Crippen LogP contribution in [0.25, 0.3) is 11.1 Å². The molecule has 1 fully saturated rings. The Hall–Kier alpha value is -3.81. The minimum Gasteiger partial charge on any atom is -0.444 e. The third-order valence-electron chi connectivity index (χ3n) is 5.43. The second-order valence-corrected chi connectivity index (χ2v) is 9.22. The molecule has 3 aromatic heterocycles. The zero-order valence-corrected chi connectivity index (χ0v) is 19.8. The molecule has 0 aromatic carbocycles. The number of carbonyl (C=O) groups is 2. The second kappa shape index (κ2) is 9.99. The molecule has 0 radical (unpaired) electrons. The van der Waals surface area contributed by atoms with Crippen molar-refractivity contribution in [2.24, 2.45) is 0 Å². The number of anilines is 1. The van der Waals surface area contributed by atoms with E-state index in [4.69, 9.17) is 4.74 Å². The van der Waals surface area contributed by atoms with Crippen molar-refractivity contribution >= 4 is 17.7 Å². The molecule has 0 spiro atoms. The van der Waals surface area contributed by atoms with Crippen molar-refractivity contribution in [1.82, 2.24) is 19.9 Å². The van der Waals surface area contributed by atoms with Crippen LogP contribution in [-0.4, -0.2) is 63.5 Å². The standard InChI is InChI=1S/C26H29N5O3/c1-26(2,3)34-25(33)31-12-6-11-30(13-14-31)23-9-4-8-22(29-23)24(32)21-15-20(17-28-18-21)19-7-5-10-27-16-19/h4-5,7-10,15-18H,6,11-14H2,1-3H3. The number of ketones is 1. The third kappa shape index (κ3) is 5.75. The zero-order chi connectivity index (χ0) is 24.1. The van der Waals surface area contributed by atoms with Crippen molar-refractivity contribution in [3.05, 3.63) is 72.4 Å². The Bertz CT molecular complexity index is 1160. The highest BCUT2D eigenvalue weighted by Crippen LogP contribution is 2.21. The van der Waals surface area contributed by atoms with Crippen LogP contribution in [0.5, 0.6) is 0 Å². The molecule has 3 aromatic rings. The minimum absolute atomic E-state index is 0.190. The van der Waals surface area contributed by atoms with Gasteiger partial charge in [0.25, 0.3) is 0 Å². The summed E-state index contributed by atoms with van der Waals surface area (Å²) in [6, 6.07) is 11.0. The van der Waals surface area contributed by atoms with Gasteiger partial charge in [-0.1, -0.05) is 12.1 Å². The smallest absolute Gasteiger partial charge is 0.410 e. The fourth-order valence-corrected chi connectivity index (χ4v) is 3.78. The van der Waals surface area contributed by atoms with Gasteiger partial charge in [-0.05, 0) is 51.5 Å². The van der Waals surface area contributed by atoms with E-state index in [1.54, 1.807) is 35.8 Å². The Morgan fingerprint density at radius 3 is 2.50 bits per heavy atom. The van der Waals surface area contributed by atoms with Crippen LogP contribution in [0.1, 0.15) is 43.2 Å². The number of hydrogen-bond donors (Lipinski definition) is 0. The van der Waals surface area contributed by atoms with E-state index in [1.165, 1.54) is 0 Å². The molecule has 0 aliphatic carbocycles. The topological polar surface area (TPSA) is 88.5 Å². The van der Waals surface area contributed by atoms with Crippen LogP contribution in [0.15, 0.2) is 61.2 Å². The van der Waals surface area contributed by atoms with Crippen LogP contribution in [0, 0.1) is 0 Å². The Kier molecular flexibility index (Phi) is 6.86. The quantitative estimate of drug-likeness (QED) is 0.540. The summed E-state index contributed by atoms with van der Waals surface area (Å²) in [6.45, 7) is 8.10. The van der Waals surface area contributed by atoms with Crippen LogP contribution in [-0.2, 0) is 4.74 Å². The maximum atomic E-state index is 13.2.